The lowest BCUT2D eigenvalue weighted by atomic mass is 9.75. The van der Waals surface area contributed by atoms with E-state index in [4.69, 9.17) is 4.74 Å². The maximum Gasteiger partial charge on any atom is 0.106 e. The van der Waals surface area contributed by atoms with Crippen molar-refractivity contribution in [1.29, 1.82) is 5.26 Å². The van der Waals surface area contributed by atoms with Gasteiger partial charge in [0.25, 0.3) is 0 Å². The number of hydrogen-bond acceptors (Lipinski definition) is 3. The minimum atomic E-state index is -0.374. The van der Waals surface area contributed by atoms with Crippen molar-refractivity contribution in [3.63, 3.8) is 0 Å². The molecular weight excluding hydrogens is 260 g/mol. The minimum Gasteiger partial charge on any atom is -0.378 e. The Hall–Kier alpha value is -0.590. The maximum absolute atomic E-state index is 9.32. The van der Waals surface area contributed by atoms with Gasteiger partial charge in [-0.3, -0.25) is 0 Å². The first-order valence-electron chi connectivity index (χ1n) is 8.69. The van der Waals surface area contributed by atoms with E-state index in [9.17, 15) is 5.26 Å². The van der Waals surface area contributed by atoms with Gasteiger partial charge in [-0.1, -0.05) is 34.1 Å². The van der Waals surface area contributed by atoms with Crippen LogP contribution in [0.2, 0.25) is 0 Å². The summed E-state index contributed by atoms with van der Waals surface area (Å²) < 4.78 is 6.22. The van der Waals surface area contributed by atoms with Gasteiger partial charge in [0.1, 0.15) is 5.54 Å². The van der Waals surface area contributed by atoms with Crippen LogP contribution in [0.1, 0.15) is 66.2 Å². The molecule has 3 nitrogen and oxygen atoms in total. The summed E-state index contributed by atoms with van der Waals surface area (Å²) in [5, 5.41) is 12.5. The van der Waals surface area contributed by atoms with Gasteiger partial charge in [-0.15, -0.1) is 0 Å². The zero-order valence-corrected chi connectivity index (χ0v) is 14.6. The summed E-state index contributed by atoms with van der Waals surface area (Å²) in [6.07, 6.45) is 6.93. The summed E-state index contributed by atoms with van der Waals surface area (Å²) in [5.74, 6) is 2.20. The van der Waals surface area contributed by atoms with Crippen molar-refractivity contribution in [1.82, 2.24) is 5.32 Å². The van der Waals surface area contributed by atoms with Crippen molar-refractivity contribution in [3.8, 4) is 6.07 Å². The van der Waals surface area contributed by atoms with E-state index in [0.29, 0.717) is 17.9 Å². The number of hydrogen-bond donors (Lipinski definition) is 1. The van der Waals surface area contributed by atoms with Gasteiger partial charge in [-0.05, 0) is 56.9 Å². The van der Waals surface area contributed by atoms with E-state index in [-0.39, 0.29) is 5.54 Å². The van der Waals surface area contributed by atoms with Crippen molar-refractivity contribution in [2.24, 2.45) is 17.8 Å². The highest BCUT2D eigenvalue weighted by molar-refractivity contribution is 5.05. The molecule has 4 atom stereocenters. The Morgan fingerprint density at radius 1 is 1.38 bits per heavy atom. The molecule has 1 saturated carbocycles. The lowest BCUT2D eigenvalue weighted by molar-refractivity contribution is -0.0402. The molecule has 122 valence electrons. The van der Waals surface area contributed by atoms with Crippen LogP contribution < -0.4 is 5.32 Å². The van der Waals surface area contributed by atoms with Gasteiger partial charge in [0.15, 0.2) is 0 Å². The second-order valence-electron chi connectivity index (χ2n) is 7.14. The highest BCUT2D eigenvalue weighted by atomic mass is 16.5. The van der Waals surface area contributed by atoms with E-state index >= 15 is 0 Å². The Labute approximate surface area is 131 Å². The molecule has 0 radical (unpaired) electrons. The smallest absolute Gasteiger partial charge is 0.106 e. The molecule has 0 spiro atoms. The van der Waals surface area contributed by atoms with E-state index in [1.165, 1.54) is 19.3 Å². The average molecular weight is 294 g/mol. The summed E-state index contributed by atoms with van der Waals surface area (Å²) in [6.45, 7) is 9.82. The van der Waals surface area contributed by atoms with Crippen LogP contribution in [0.5, 0.6) is 0 Å². The summed E-state index contributed by atoms with van der Waals surface area (Å²) in [4.78, 5) is 0. The first kappa shape index (κ1) is 18.5. The average Bonchev–Trinajstić information content (AvgIpc) is 2.48. The molecule has 0 bridgehead atoms. The van der Waals surface area contributed by atoms with Gasteiger partial charge in [-0.2, -0.15) is 5.26 Å². The predicted octanol–water partition coefficient (Wildman–Crippen LogP) is 4.14. The van der Waals surface area contributed by atoms with Crippen molar-refractivity contribution in [3.05, 3.63) is 0 Å². The molecule has 0 aromatic rings. The van der Waals surface area contributed by atoms with Crippen LogP contribution in [0, 0.1) is 29.1 Å². The summed E-state index contributed by atoms with van der Waals surface area (Å²) >= 11 is 0. The molecule has 3 heteroatoms. The van der Waals surface area contributed by atoms with Gasteiger partial charge < -0.3 is 10.1 Å². The van der Waals surface area contributed by atoms with Crippen LogP contribution in [0.4, 0.5) is 0 Å². The number of ether oxygens (including phenoxy) is 1. The Kier molecular flexibility index (Phi) is 7.70. The molecule has 0 aliphatic heterocycles. The summed E-state index contributed by atoms with van der Waals surface area (Å²) in [7, 11) is 1.88. The van der Waals surface area contributed by atoms with Crippen LogP contribution in [0.15, 0.2) is 0 Å². The van der Waals surface area contributed by atoms with E-state index < -0.39 is 0 Å². The molecular formula is C18H34N2O. The lowest BCUT2D eigenvalue weighted by Crippen LogP contribution is -2.41. The zero-order chi connectivity index (χ0) is 15.9. The third-order valence-electron chi connectivity index (χ3n) is 5.34. The highest BCUT2D eigenvalue weighted by Crippen LogP contribution is 2.35. The van der Waals surface area contributed by atoms with Gasteiger partial charge in [0.2, 0.25) is 0 Å². The molecule has 1 aliphatic rings. The van der Waals surface area contributed by atoms with Gasteiger partial charge in [0.05, 0.1) is 12.2 Å². The van der Waals surface area contributed by atoms with E-state index in [0.717, 1.165) is 31.8 Å². The molecule has 1 rings (SSSR count). The molecule has 0 heterocycles. The topological polar surface area (TPSA) is 45.0 Å². The second kappa shape index (κ2) is 8.76. The van der Waals surface area contributed by atoms with Crippen LogP contribution in [0.3, 0.4) is 0 Å². The Morgan fingerprint density at radius 3 is 2.62 bits per heavy atom. The first-order chi connectivity index (χ1) is 9.98. The molecule has 0 saturated heterocycles. The van der Waals surface area contributed by atoms with Crippen molar-refractivity contribution in [2.75, 3.05) is 13.7 Å². The third-order valence-corrected chi connectivity index (χ3v) is 5.34. The van der Waals surface area contributed by atoms with Crippen LogP contribution >= 0.6 is 0 Å². The van der Waals surface area contributed by atoms with Gasteiger partial charge >= 0.3 is 0 Å². The normalized spacial score (nSPS) is 29.1. The fourth-order valence-corrected chi connectivity index (χ4v) is 3.58. The second-order valence-corrected chi connectivity index (χ2v) is 7.14. The molecule has 1 aliphatic carbocycles. The summed E-state index contributed by atoms with van der Waals surface area (Å²) in [5.41, 5.74) is -0.374. The zero-order valence-electron chi connectivity index (χ0n) is 14.6. The fraction of sp³-hybridized carbons (Fsp3) is 0.944. The largest absolute Gasteiger partial charge is 0.378 e. The van der Waals surface area contributed by atoms with Crippen LogP contribution in [-0.2, 0) is 4.74 Å². The van der Waals surface area contributed by atoms with Gasteiger partial charge in [-0.25, -0.2) is 0 Å². The van der Waals surface area contributed by atoms with Crippen molar-refractivity contribution < 1.29 is 4.74 Å². The monoisotopic (exact) mass is 294 g/mol. The Morgan fingerprint density at radius 2 is 2.10 bits per heavy atom. The Balaban J connectivity index is 2.41. The van der Waals surface area contributed by atoms with Crippen LogP contribution in [-0.4, -0.2) is 25.3 Å². The molecule has 1 fully saturated rings. The standard InChI is InChI=1S/C18H34N2O/c1-6-18(13-19,20-5)10-7-11-21-17-12-15(4)8-9-16(17)14(2)3/h14-17,20H,6-12H2,1-5H3. The van der Waals surface area contributed by atoms with Crippen molar-refractivity contribution in [2.45, 2.75) is 77.9 Å². The number of nitriles is 1. The number of rotatable bonds is 8. The third kappa shape index (κ3) is 5.27. The SMILES string of the molecule is CCC(C#N)(CCCOC1CC(C)CCC1C(C)C)NC. The van der Waals surface area contributed by atoms with E-state index in [1.807, 2.05) is 7.05 Å². The summed E-state index contributed by atoms with van der Waals surface area (Å²) in [6, 6.07) is 2.42. The molecule has 0 amide bonds. The molecule has 0 aromatic carbocycles. The fourth-order valence-electron chi connectivity index (χ4n) is 3.58. The molecule has 21 heavy (non-hydrogen) atoms. The highest BCUT2D eigenvalue weighted by Gasteiger charge is 2.31. The van der Waals surface area contributed by atoms with Gasteiger partial charge in [0, 0.05) is 6.61 Å². The Bertz CT molecular complexity index is 331. The quantitative estimate of drug-likeness (QED) is 0.684. The number of nitrogens with one attached hydrogen (secondary N) is 1. The lowest BCUT2D eigenvalue weighted by Gasteiger charge is -2.37. The van der Waals surface area contributed by atoms with Crippen molar-refractivity contribution >= 4 is 0 Å². The predicted molar refractivity (Wildman–Crippen MR) is 88.0 cm³/mol. The maximum atomic E-state index is 9.32. The molecule has 0 aromatic heterocycles. The minimum absolute atomic E-state index is 0.374. The number of nitrogens with zero attached hydrogens (tertiary/aromatic N) is 1. The van der Waals surface area contributed by atoms with E-state index in [2.05, 4.69) is 39.1 Å². The van der Waals surface area contributed by atoms with E-state index in [1.54, 1.807) is 0 Å². The first-order valence-corrected chi connectivity index (χ1v) is 8.69. The van der Waals surface area contributed by atoms with Crippen LogP contribution in [0.25, 0.3) is 0 Å². The molecule has 4 unspecified atom stereocenters. The molecule has 1 N–H and O–H groups in total.